The molecule has 2 nitrogen and oxygen atoms in total. The molecule has 0 atom stereocenters. The summed E-state index contributed by atoms with van der Waals surface area (Å²) in [6, 6.07) is 17.5. The van der Waals surface area contributed by atoms with Crippen molar-refractivity contribution < 1.29 is 0 Å². The van der Waals surface area contributed by atoms with Crippen molar-refractivity contribution in [2.24, 2.45) is 0 Å². The van der Waals surface area contributed by atoms with Crippen LogP contribution in [0.4, 0.5) is 0 Å². The second kappa shape index (κ2) is 9.68. The van der Waals surface area contributed by atoms with Crippen molar-refractivity contribution in [1.82, 2.24) is 9.97 Å². The Morgan fingerprint density at radius 1 is 0.576 bits per heavy atom. The predicted molar refractivity (Wildman–Crippen MR) is 143 cm³/mol. The van der Waals surface area contributed by atoms with E-state index in [1.165, 1.54) is 111 Å². The van der Waals surface area contributed by atoms with Crippen LogP contribution in [0.5, 0.6) is 0 Å². The monoisotopic (exact) mass is 470 g/mol. The molecule has 4 heteroatoms. The van der Waals surface area contributed by atoms with Gasteiger partial charge in [-0.1, -0.05) is 36.4 Å². The summed E-state index contributed by atoms with van der Waals surface area (Å²) in [5, 5.41) is 2.70. The molecule has 6 rings (SSSR count). The van der Waals surface area contributed by atoms with Crippen LogP contribution in [-0.2, 0) is 25.7 Å². The number of rotatable bonds is 6. The summed E-state index contributed by atoms with van der Waals surface area (Å²) in [5.74, 6) is 2.33. The Balaban J connectivity index is 1.19. The van der Waals surface area contributed by atoms with Crippen molar-refractivity contribution in [3.8, 4) is 0 Å². The molecule has 0 saturated carbocycles. The molecular weight excluding hydrogens is 440 g/mol. The van der Waals surface area contributed by atoms with E-state index in [9.17, 15) is 0 Å². The van der Waals surface area contributed by atoms with E-state index in [-0.39, 0.29) is 0 Å². The van der Waals surface area contributed by atoms with Crippen molar-refractivity contribution in [3.63, 3.8) is 0 Å². The van der Waals surface area contributed by atoms with Crippen molar-refractivity contribution in [1.29, 1.82) is 0 Å². The van der Waals surface area contributed by atoms with Crippen LogP contribution >= 0.6 is 23.5 Å². The molecule has 0 spiro atoms. The number of nitrogens with zero attached hydrogens (tertiary/aromatic N) is 2. The maximum atomic E-state index is 5.01. The van der Waals surface area contributed by atoms with Crippen LogP contribution in [0.1, 0.15) is 54.6 Å². The molecule has 168 valence electrons. The zero-order valence-electron chi connectivity index (χ0n) is 19.1. The summed E-state index contributed by atoms with van der Waals surface area (Å²) >= 11 is 4.13. The molecular formula is C29H30N2S2. The van der Waals surface area contributed by atoms with Gasteiger partial charge in [0, 0.05) is 32.0 Å². The number of benzene rings is 2. The van der Waals surface area contributed by atoms with Gasteiger partial charge in [-0.25, -0.2) is 0 Å². The van der Waals surface area contributed by atoms with Gasteiger partial charge in [-0.05, 0) is 92.6 Å². The summed E-state index contributed by atoms with van der Waals surface area (Å²) in [4.78, 5) is 13.0. The third kappa shape index (κ3) is 4.28. The highest BCUT2D eigenvalue weighted by Crippen LogP contribution is 2.38. The maximum absolute atomic E-state index is 5.01. The van der Waals surface area contributed by atoms with E-state index in [0.717, 1.165) is 12.8 Å². The van der Waals surface area contributed by atoms with Crippen molar-refractivity contribution >= 4 is 45.3 Å². The quantitative estimate of drug-likeness (QED) is 0.212. The number of pyridine rings is 2. The highest BCUT2D eigenvalue weighted by molar-refractivity contribution is 8.00. The number of aromatic nitrogens is 2. The zero-order chi connectivity index (χ0) is 22.0. The zero-order valence-corrected chi connectivity index (χ0v) is 20.7. The first-order valence-electron chi connectivity index (χ1n) is 12.4. The van der Waals surface area contributed by atoms with Gasteiger partial charge in [-0.2, -0.15) is 0 Å². The Hall–Kier alpha value is -2.04. The number of para-hydroxylation sites is 2. The molecule has 0 saturated heterocycles. The Kier molecular flexibility index (Phi) is 6.30. The van der Waals surface area contributed by atoms with E-state index in [0.29, 0.717) is 0 Å². The SMILES string of the molecule is c1ccc2c(SCCCSc3c4c(nc5ccccc35)CCCC4)c3c(nc2c1)CCCC3. The molecule has 0 fully saturated rings. The van der Waals surface area contributed by atoms with Crippen LogP contribution in [0.25, 0.3) is 21.8 Å². The normalized spacial score (nSPS) is 15.5. The van der Waals surface area contributed by atoms with Crippen LogP contribution in [0.3, 0.4) is 0 Å². The van der Waals surface area contributed by atoms with E-state index < -0.39 is 0 Å². The molecule has 0 N–H and O–H groups in total. The molecule has 33 heavy (non-hydrogen) atoms. The standard InChI is InChI=1S/C29H30N2S2/c1-5-14-24-20(10-1)28(21-11-2-6-15-25(21)30-24)32-18-9-19-33-29-22-12-3-7-16-26(22)31-27-17-8-4-13-23(27)29/h1,3,5,7,10,12,14,16H,2,4,6,8-9,11,13,15,17-19H2. The summed E-state index contributed by atoms with van der Waals surface area (Å²) in [5.41, 5.74) is 8.12. The van der Waals surface area contributed by atoms with E-state index >= 15 is 0 Å². The van der Waals surface area contributed by atoms with Crippen molar-refractivity contribution in [2.45, 2.75) is 67.6 Å². The predicted octanol–water partition coefficient (Wildman–Crippen LogP) is 7.82. The van der Waals surface area contributed by atoms with Gasteiger partial charge >= 0.3 is 0 Å². The van der Waals surface area contributed by atoms with E-state index in [1.807, 2.05) is 0 Å². The topological polar surface area (TPSA) is 25.8 Å². The van der Waals surface area contributed by atoms with E-state index in [4.69, 9.17) is 9.97 Å². The fourth-order valence-electron chi connectivity index (χ4n) is 5.39. The number of fused-ring (bicyclic) bond motifs is 4. The van der Waals surface area contributed by atoms with Crippen molar-refractivity contribution in [2.75, 3.05) is 11.5 Å². The molecule has 0 unspecified atom stereocenters. The average Bonchev–Trinajstić information content (AvgIpc) is 2.87. The second-order valence-electron chi connectivity index (χ2n) is 9.23. The Labute approximate surface area is 205 Å². The van der Waals surface area contributed by atoms with Crippen LogP contribution in [0.15, 0.2) is 58.3 Å². The molecule has 4 aromatic rings. The fourth-order valence-corrected chi connectivity index (χ4v) is 8.01. The molecule has 0 radical (unpaired) electrons. The number of hydrogen-bond acceptors (Lipinski definition) is 4. The lowest BCUT2D eigenvalue weighted by Gasteiger charge is -2.21. The largest absolute Gasteiger partial charge is 0.252 e. The van der Waals surface area contributed by atoms with Crippen LogP contribution in [-0.4, -0.2) is 21.5 Å². The lowest BCUT2D eigenvalue weighted by molar-refractivity contribution is 0.662. The van der Waals surface area contributed by atoms with Gasteiger partial charge in [0.25, 0.3) is 0 Å². The molecule has 0 amide bonds. The molecule has 2 heterocycles. The maximum Gasteiger partial charge on any atom is 0.0716 e. The minimum atomic E-state index is 1.14. The van der Waals surface area contributed by atoms with Gasteiger partial charge in [0.15, 0.2) is 0 Å². The van der Waals surface area contributed by atoms with Crippen LogP contribution in [0.2, 0.25) is 0 Å². The van der Waals surface area contributed by atoms with Gasteiger partial charge in [0.1, 0.15) is 0 Å². The minimum absolute atomic E-state index is 1.14. The van der Waals surface area contributed by atoms with Gasteiger partial charge in [0.05, 0.1) is 11.0 Å². The van der Waals surface area contributed by atoms with Gasteiger partial charge in [-0.3, -0.25) is 9.97 Å². The number of hydrogen-bond donors (Lipinski definition) is 0. The lowest BCUT2D eigenvalue weighted by Crippen LogP contribution is -2.08. The molecule has 0 bridgehead atoms. The third-order valence-electron chi connectivity index (χ3n) is 7.02. The van der Waals surface area contributed by atoms with Crippen LogP contribution < -0.4 is 0 Å². The number of thioether (sulfide) groups is 2. The van der Waals surface area contributed by atoms with Gasteiger partial charge in [0.2, 0.25) is 0 Å². The fraction of sp³-hybridized carbons (Fsp3) is 0.379. The molecule has 2 aromatic carbocycles. The second-order valence-corrected chi connectivity index (χ2v) is 11.4. The summed E-state index contributed by atoms with van der Waals surface area (Å²) < 4.78 is 0. The van der Waals surface area contributed by atoms with Crippen molar-refractivity contribution in [3.05, 3.63) is 71.0 Å². The third-order valence-corrected chi connectivity index (χ3v) is 9.51. The first kappa shape index (κ1) is 21.5. The minimum Gasteiger partial charge on any atom is -0.252 e. The molecule has 2 aliphatic carbocycles. The summed E-state index contributed by atoms with van der Waals surface area (Å²) in [7, 11) is 0. The summed E-state index contributed by atoms with van der Waals surface area (Å²) in [6.07, 6.45) is 11.1. The molecule has 2 aliphatic rings. The Morgan fingerprint density at radius 3 is 1.55 bits per heavy atom. The van der Waals surface area contributed by atoms with E-state index in [1.54, 1.807) is 0 Å². The highest BCUT2D eigenvalue weighted by atomic mass is 32.2. The Bertz CT molecular complexity index is 1210. The lowest BCUT2D eigenvalue weighted by atomic mass is 9.94. The smallest absolute Gasteiger partial charge is 0.0716 e. The molecule has 0 aliphatic heterocycles. The molecule has 2 aromatic heterocycles. The van der Waals surface area contributed by atoms with Gasteiger partial charge in [-0.15, -0.1) is 23.5 Å². The van der Waals surface area contributed by atoms with Gasteiger partial charge < -0.3 is 0 Å². The summed E-state index contributed by atoms with van der Waals surface area (Å²) in [6.45, 7) is 0. The van der Waals surface area contributed by atoms with Crippen LogP contribution in [0, 0.1) is 0 Å². The highest BCUT2D eigenvalue weighted by Gasteiger charge is 2.20. The van der Waals surface area contributed by atoms with E-state index in [2.05, 4.69) is 72.1 Å². The Morgan fingerprint density at radius 2 is 1.03 bits per heavy atom. The number of aryl methyl sites for hydroxylation is 2. The average molecular weight is 471 g/mol. The first-order chi connectivity index (χ1) is 16.4. The first-order valence-corrected chi connectivity index (χ1v) is 14.4.